The normalized spacial score (nSPS) is 13.0. The highest BCUT2D eigenvalue weighted by molar-refractivity contribution is 6.09. The zero-order valence-electron chi connectivity index (χ0n) is 29.1. The van der Waals surface area contributed by atoms with Crippen molar-refractivity contribution in [1.82, 2.24) is 0 Å². The molecule has 1 heterocycles. The van der Waals surface area contributed by atoms with Crippen molar-refractivity contribution in [1.29, 1.82) is 0 Å². The van der Waals surface area contributed by atoms with Crippen molar-refractivity contribution in [2.45, 2.75) is 19.6 Å². The molecule has 7 nitrogen and oxygen atoms in total. The molecule has 1 aliphatic heterocycles. The Bertz CT molecular complexity index is 1990. The van der Waals surface area contributed by atoms with Gasteiger partial charge in [-0.3, -0.25) is 4.79 Å². The highest BCUT2D eigenvalue weighted by Crippen LogP contribution is 2.40. The molecule has 0 spiro atoms. The molecule has 0 N–H and O–H groups in total. The summed E-state index contributed by atoms with van der Waals surface area (Å²) >= 11 is 0. The van der Waals surface area contributed by atoms with Gasteiger partial charge in [-0.15, -0.1) is 0 Å². The van der Waals surface area contributed by atoms with Crippen LogP contribution in [-0.4, -0.2) is 33.2 Å². The molecule has 1 fully saturated rings. The first-order valence-electron chi connectivity index (χ1n) is 16.7. The molecule has 51 heavy (non-hydrogen) atoms. The van der Waals surface area contributed by atoms with Crippen molar-refractivity contribution < 1.29 is 33.2 Å². The lowest BCUT2D eigenvalue weighted by Crippen LogP contribution is -2.28. The van der Waals surface area contributed by atoms with Gasteiger partial charge >= 0.3 is 0 Å². The molecule has 0 aliphatic carbocycles. The van der Waals surface area contributed by atoms with Crippen LogP contribution in [0.25, 0.3) is 0 Å². The van der Waals surface area contributed by atoms with E-state index in [0.717, 1.165) is 39.9 Å². The predicted molar refractivity (Wildman–Crippen MR) is 197 cm³/mol. The first kappa shape index (κ1) is 35.0. The van der Waals surface area contributed by atoms with Crippen LogP contribution in [0.3, 0.4) is 0 Å². The predicted octanol–water partition coefficient (Wildman–Crippen LogP) is 10.1. The number of carbonyl (C=O) groups excluding carboxylic acids is 1. The summed E-state index contributed by atoms with van der Waals surface area (Å²) in [5.74, 6) is 3.66. The van der Waals surface area contributed by atoms with Crippen LogP contribution in [0.1, 0.15) is 38.2 Å². The van der Waals surface area contributed by atoms with Gasteiger partial charge in [0.1, 0.15) is 34.5 Å². The maximum atomic E-state index is 12.5. The second kappa shape index (κ2) is 16.2. The largest absolute Gasteiger partial charge is 0.497 e. The zero-order valence-corrected chi connectivity index (χ0v) is 29.1. The third-order valence-corrected chi connectivity index (χ3v) is 8.38. The lowest BCUT2D eigenvalue weighted by atomic mass is 9.97. The highest BCUT2D eigenvalue weighted by atomic mass is 16.7. The fourth-order valence-electron chi connectivity index (χ4n) is 5.53. The summed E-state index contributed by atoms with van der Waals surface area (Å²) in [5.41, 5.74) is 5.51. The minimum absolute atomic E-state index is 0.0282. The lowest BCUT2D eigenvalue weighted by molar-refractivity contribution is -0.129. The van der Waals surface area contributed by atoms with Gasteiger partial charge in [-0.1, -0.05) is 35.4 Å². The number of ketones is 1. The average molecular weight is 681 g/mol. The molecule has 0 radical (unpaired) electrons. The number of methoxy groups -OCH3 is 2. The van der Waals surface area contributed by atoms with Gasteiger partial charge < -0.3 is 28.4 Å². The number of rotatable bonds is 10. The van der Waals surface area contributed by atoms with E-state index in [-0.39, 0.29) is 5.78 Å². The van der Waals surface area contributed by atoms with Gasteiger partial charge in [0.25, 0.3) is 0 Å². The fraction of sp³-hybridized carbons (Fsp3) is 0.159. The molecule has 6 aromatic rings. The van der Waals surface area contributed by atoms with Crippen LogP contribution in [0.5, 0.6) is 34.5 Å². The van der Waals surface area contributed by atoms with E-state index in [9.17, 15) is 4.79 Å². The summed E-state index contributed by atoms with van der Waals surface area (Å²) in [5, 5.41) is 0. The Morgan fingerprint density at radius 2 is 0.745 bits per heavy atom. The van der Waals surface area contributed by atoms with E-state index >= 15 is 0 Å². The van der Waals surface area contributed by atoms with E-state index in [0.29, 0.717) is 30.1 Å². The second-order valence-electron chi connectivity index (χ2n) is 12.0. The average Bonchev–Trinajstić information content (AvgIpc) is 3.69. The molecule has 0 amide bonds. The summed E-state index contributed by atoms with van der Waals surface area (Å²) in [6.45, 7) is 5.18. The minimum Gasteiger partial charge on any atom is -0.497 e. The molecule has 258 valence electrons. The molecular weight excluding hydrogens is 640 g/mol. The Labute approximate surface area is 298 Å². The molecule has 7 rings (SSSR count). The number of benzene rings is 6. The van der Waals surface area contributed by atoms with Gasteiger partial charge in [0, 0.05) is 22.3 Å². The first-order chi connectivity index (χ1) is 24.8. The molecule has 0 aromatic heterocycles. The number of carbonyl (C=O) groups is 1. The topological polar surface area (TPSA) is 72.5 Å². The maximum absolute atomic E-state index is 12.5. The van der Waals surface area contributed by atoms with Gasteiger partial charge in [-0.2, -0.15) is 0 Å². The SMILES string of the molecule is COc1ccc(C(=O)c2ccc(Oc3ccc(C)cc3)cc2)cc1.COc1ccc(C2(c3ccc(Oc4ccc(C)cc4)cc3)OCCO2)cc1. The Balaban J connectivity index is 0.000000177. The van der Waals surface area contributed by atoms with Crippen molar-refractivity contribution in [2.75, 3.05) is 27.4 Å². The Morgan fingerprint density at radius 3 is 1.10 bits per heavy atom. The van der Waals surface area contributed by atoms with E-state index in [1.54, 1.807) is 62.8 Å². The minimum atomic E-state index is -0.894. The summed E-state index contributed by atoms with van der Waals surface area (Å²) in [6.07, 6.45) is 0. The number of ether oxygens (including phenoxy) is 6. The number of aryl methyl sites for hydroxylation is 2. The summed E-state index contributed by atoms with van der Waals surface area (Å²) in [4.78, 5) is 12.5. The van der Waals surface area contributed by atoms with Crippen LogP contribution in [0.4, 0.5) is 0 Å². The molecule has 1 aliphatic rings. The van der Waals surface area contributed by atoms with Crippen LogP contribution >= 0.6 is 0 Å². The first-order valence-corrected chi connectivity index (χ1v) is 16.7. The Morgan fingerprint density at radius 1 is 0.451 bits per heavy atom. The van der Waals surface area contributed by atoms with E-state index in [1.807, 2.05) is 104 Å². The molecule has 6 aromatic carbocycles. The van der Waals surface area contributed by atoms with Crippen LogP contribution in [-0.2, 0) is 15.3 Å². The van der Waals surface area contributed by atoms with Crippen molar-refractivity contribution in [3.05, 3.63) is 179 Å². The second-order valence-corrected chi connectivity index (χ2v) is 12.0. The van der Waals surface area contributed by atoms with E-state index < -0.39 is 5.79 Å². The summed E-state index contributed by atoms with van der Waals surface area (Å²) in [7, 11) is 3.25. The monoisotopic (exact) mass is 680 g/mol. The summed E-state index contributed by atoms with van der Waals surface area (Å²) < 4.78 is 34.2. The Kier molecular flexibility index (Phi) is 11.1. The van der Waals surface area contributed by atoms with Gasteiger partial charge in [0.05, 0.1) is 27.4 Å². The third kappa shape index (κ3) is 8.65. The third-order valence-electron chi connectivity index (χ3n) is 8.38. The van der Waals surface area contributed by atoms with Gasteiger partial charge in [0.15, 0.2) is 5.78 Å². The van der Waals surface area contributed by atoms with Crippen LogP contribution in [0.15, 0.2) is 146 Å². The zero-order chi connectivity index (χ0) is 35.6. The molecule has 7 heteroatoms. The van der Waals surface area contributed by atoms with Gasteiger partial charge in [-0.05, 0) is 135 Å². The van der Waals surface area contributed by atoms with Gasteiger partial charge in [0.2, 0.25) is 5.79 Å². The van der Waals surface area contributed by atoms with Gasteiger partial charge in [-0.25, -0.2) is 0 Å². The summed E-state index contributed by atoms with van der Waals surface area (Å²) in [6, 6.07) is 45.7. The van der Waals surface area contributed by atoms with Crippen LogP contribution in [0, 0.1) is 13.8 Å². The van der Waals surface area contributed by atoms with Crippen LogP contribution in [0.2, 0.25) is 0 Å². The lowest BCUT2D eigenvalue weighted by Gasteiger charge is -2.28. The molecule has 1 saturated heterocycles. The van der Waals surface area contributed by atoms with Crippen molar-refractivity contribution in [2.24, 2.45) is 0 Å². The van der Waals surface area contributed by atoms with Crippen LogP contribution < -0.4 is 18.9 Å². The number of hydrogen-bond donors (Lipinski definition) is 0. The van der Waals surface area contributed by atoms with E-state index in [1.165, 1.54) is 11.1 Å². The van der Waals surface area contributed by atoms with E-state index in [2.05, 4.69) is 6.92 Å². The number of hydrogen-bond acceptors (Lipinski definition) is 7. The van der Waals surface area contributed by atoms with Crippen molar-refractivity contribution in [3.8, 4) is 34.5 Å². The molecular formula is C44H40O7. The standard InChI is InChI=1S/C23H22O4.C21H18O3/c1-17-3-9-21(10-4-17)27-22-13-7-19(8-14-22)23(25-15-16-26-23)18-5-11-20(24-2)12-6-18;1-15-3-9-19(10-4-15)24-20-13-7-17(8-14-20)21(22)16-5-11-18(23-2)12-6-16/h3-14H,15-16H2,1-2H3;3-14H,1-2H3. The molecule has 0 unspecified atom stereocenters. The fourth-order valence-corrected chi connectivity index (χ4v) is 5.53. The highest BCUT2D eigenvalue weighted by Gasteiger charge is 2.40. The van der Waals surface area contributed by atoms with Crippen molar-refractivity contribution in [3.63, 3.8) is 0 Å². The Hall–Kier alpha value is -5.89. The molecule has 0 atom stereocenters. The van der Waals surface area contributed by atoms with E-state index in [4.69, 9.17) is 28.4 Å². The van der Waals surface area contributed by atoms with Crippen molar-refractivity contribution >= 4 is 5.78 Å². The quantitative estimate of drug-likeness (QED) is 0.133. The maximum Gasteiger partial charge on any atom is 0.222 e. The molecule has 0 saturated carbocycles. The smallest absolute Gasteiger partial charge is 0.222 e. The molecule has 0 bridgehead atoms.